The van der Waals surface area contributed by atoms with Crippen LogP contribution in [0.1, 0.15) is 12.8 Å². The van der Waals surface area contributed by atoms with Crippen LogP contribution in [0.2, 0.25) is 0 Å². The first-order valence-corrected chi connectivity index (χ1v) is 5.86. The Morgan fingerprint density at radius 2 is 2.32 bits per heavy atom. The second kappa shape index (κ2) is 5.13. The number of benzene rings is 1. The maximum atomic E-state index is 11.2. The van der Waals surface area contributed by atoms with Gasteiger partial charge in [0.05, 0.1) is 18.1 Å². The van der Waals surface area contributed by atoms with Crippen molar-refractivity contribution in [2.24, 2.45) is 0 Å². The van der Waals surface area contributed by atoms with Crippen molar-refractivity contribution in [1.29, 1.82) is 0 Å². The Morgan fingerprint density at radius 1 is 1.58 bits per heavy atom. The van der Waals surface area contributed by atoms with Crippen LogP contribution < -0.4 is 9.64 Å². The quantitative estimate of drug-likeness (QED) is 0.658. The number of rotatable bonds is 4. The molecule has 1 aliphatic rings. The van der Waals surface area contributed by atoms with Gasteiger partial charge >= 0.3 is 5.97 Å². The summed E-state index contributed by atoms with van der Waals surface area (Å²) in [6.07, 6.45) is 1.21. The lowest BCUT2D eigenvalue weighted by Crippen LogP contribution is -2.36. The van der Waals surface area contributed by atoms with E-state index >= 15 is 0 Å². The third-order valence-corrected chi connectivity index (χ3v) is 3.23. The van der Waals surface area contributed by atoms with E-state index in [9.17, 15) is 14.9 Å². The molecular weight excluding hydrogens is 252 g/mol. The number of aliphatic carboxylic acids is 1. The highest BCUT2D eigenvalue weighted by Crippen LogP contribution is 2.36. The fraction of sp³-hybridized carbons (Fsp3) is 0.417. The standard InChI is InChI=1S/C12H14N2O5/c1-19-8-4-5-9(11(7-8)14(17)18)13-6-2-3-10(13)12(15)16/h4-5,7,10H,2-3,6H2,1H3,(H,15,16). The summed E-state index contributed by atoms with van der Waals surface area (Å²) in [6.45, 7) is 0.504. The molecule has 2 rings (SSSR count). The van der Waals surface area contributed by atoms with E-state index in [2.05, 4.69) is 0 Å². The molecule has 1 fully saturated rings. The van der Waals surface area contributed by atoms with Crippen LogP contribution >= 0.6 is 0 Å². The van der Waals surface area contributed by atoms with Crippen molar-refractivity contribution in [3.8, 4) is 5.75 Å². The predicted octanol–water partition coefficient (Wildman–Crippen LogP) is 1.66. The topological polar surface area (TPSA) is 92.9 Å². The van der Waals surface area contributed by atoms with Crippen molar-refractivity contribution in [2.45, 2.75) is 18.9 Å². The largest absolute Gasteiger partial charge is 0.496 e. The summed E-state index contributed by atoms with van der Waals surface area (Å²) in [5.74, 6) is -0.580. The Hall–Kier alpha value is -2.31. The SMILES string of the molecule is COc1ccc(N2CCCC2C(=O)O)c([N+](=O)[O-])c1. The zero-order valence-corrected chi connectivity index (χ0v) is 10.4. The number of nitro benzene ring substituents is 1. The van der Waals surface area contributed by atoms with Crippen LogP contribution in [0.25, 0.3) is 0 Å². The third kappa shape index (κ3) is 2.44. The minimum absolute atomic E-state index is 0.132. The zero-order valence-electron chi connectivity index (χ0n) is 10.4. The number of nitrogens with zero attached hydrogens (tertiary/aromatic N) is 2. The summed E-state index contributed by atoms with van der Waals surface area (Å²) in [5, 5.41) is 20.2. The molecule has 0 radical (unpaired) electrons. The molecule has 1 aromatic carbocycles. The summed E-state index contributed by atoms with van der Waals surface area (Å²) in [6, 6.07) is 3.75. The van der Waals surface area contributed by atoms with Gasteiger partial charge in [-0.1, -0.05) is 0 Å². The molecule has 1 aliphatic heterocycles. The molecule has 1 heterocycles. The van der Waals surface area contributed by atoms with E-state index in [1.807, 2.05) is 0 Å². The molecule has 0 aromatic heterocycles. The van der Waals surface area contributed by atoms with Gasteiger partial charge in [0.25, 0.3) is 5.69 Å². The molecule has 19 heavy (non-hydrogen) atoms. The van der Waals surface area contributed by atoms with Gasteiger partial charge in [0.1, 0.15) is 17.5 Å². The highest BCUT2D eigenvalue weighted by atomic mass is 16.6. The number of methoxy groups -OCH3 is 1. The molecule has 1 unspecified atom stereocenters. The Morgan fingerprint density at radius 3 is 2.89 bits per heavy atom. The van der Waals surface area contributed by atoms with Gasteiger partial charge in [-0.15, -0.1) is 0 Å². The van der Waals surface area contributed by atoms with Gasteiger partial charge < -0.3 is 14.7 Å². The number of hydrogen-bond acceptors (Lipinski definition) is 5. The normalized spacial score (nSPS) is 18.4. The predicted molar refractivity (Wildman–Crippen MR) is 67.7 cm³/mol. The second-order valence-electron chi connectivity index (χ2n) is 4.30. The van der Waals surface area contributed by atoms with Crippen LogP contribution in [-0.2, 0) is 4.79 Å². The molecule has 0 spiro atoms. The van der Waals surface area contributed by atoms with Crippen LogP contribution in [0.15, 0.2) is 18.2 Å². The van der Waals surface area contributed by atoms with E-state index in [0.717, 1.165) is 0 Å². The molecule has 7 nitrogen and oxygen atoms in total. The van der Waals surface area contributed by atoms with E-state index < -0.39 is 16.9 Å². The molecule has 0 amide bonds. The Balaban J connectivity index is 2.43. The number of ether oxygens (including phenoxy) is 1. The molecule has 7 heteroatoms. The molecular formula is C12H14N2O5. The summed E-state index contributed by atoms with van der Waals surface area (Å²) >= 11 is 0. The van der Waals surface area contributed by atoms with E-state index in [-0.39, 0.29) is 5.69 Å². The van der Waals surface area contributed by atoms with Crippen LogP contribution in [-0.4, -0.2) is 35.7 Å². The number of anilines is 1. The van der Waals surface area contributed by atoms with Gasteiger partial charge in [0.2, 0.25) is 0 Å². The van der Waals surface area contributed by atoms with Crippen molar-refractivity contribution in [3.05, 3.63) is 28.3 Å². The first-order valence-electron chi connectivity index (χ1n) is 5.86. The number of carboxylic acid groups (broad SMARTS) is 1. The van der Waals surface area contributed by atoms with Crippen LogP contribution in [0.4, 0.5) is 11.4 Å². The fourth-order valence-electron chi connectivity index (χ4n) is 2.33. The monoisotopic (exact) mass is 266 g/mol. The van der Waals surface area contributed by atoms with E-state index in [4.69, 9.17) is 9.84 Å². The van der Waals surface area contributed by atoms with Crippen LogP contribution in [0.5, 0.6) is 5.75 Å². The molecule has 1 aromatic rings. The molecule has 102 valence electrons. The molecule has 0 aliphatic carbocycles. The van der Waals surface area contributed by atoms with Crippen molar-refractivity contribution in [2.75, 3.05) is 18.6 Å². The first-order chi connectivity index (χ1) is 9.04. The number of carbonyl (C=O) groups is 1. The molecule has 1 N–H and O–H groups in total. The van der Waals surface area contributed by atoms with E-state index in [0.29, 0.717) is 30.8 Å². The van der Waals surface area contributed by atoms with Crippen molar-refractivity contribution in [3.63, 3.8) is 0 Å². The summed E-state index contributed by atoms with van der Waals surface area (Å²) in [4.78, 5) is 23.3. The maximum Gasteiger partial charge on any atom is 0.326 e. The highest BCUT2D eigenvalue weighted by Gasteiger charge is 2.34. The summed E-state index contributed by atoms with van der Waals surface area (Å²) in [5.41, 5.74) is 0.197. The lowest BCUT2D eigenvalue weighted by Gasteiger charge is -2.23. The number of carboxylic acids is 1. The van der Waals surface area contributed by atoms with Crippen molar-refractivity contribution in [1.82, 2.24) is 0 Å². The first kappa shape index (κ1) is 13.1. The van der Waals surface area contributed by atoms with Gasteiger partial charge in [0.15, 0.2) is 0 Å². The molecule has 1 saturated heterocycles. The second-order valence-corrected chi connectivity index (χ2v) is 4.30. The Kier molecular flexibility index (Phi) is 3.55. The molecule has 1 atom stereocenters. The van der Waals surface area contributed by atoms with E-state index in [1.165, 1.54) is 19.2 Å². The lowest BCUT2D eigenvalue weighted by atomic mass is 10.2. The number of hydrogen-bond donors (Lipinski definition) is 1. The third-order valence-electron chi connectivity index (χ3n) is 3.23. The Bertz CT molecular complexity index is 517. The minimum atomic E-state index is -0.956. The Labute approximate surface area is 109 Å². The average molecular weight is 266 g/mol. The van der Waals surface area contributed by atoms with Gasteiger partial charge in [-0.2, -0.15) is 0 Å². The van der Waals surface area contributed by atoms with Crippen molar-refractivity contribution >= 4 is 17.3 Å². The lowest BCUT2D eigenvalue weighted by molar-refractivity contribution is -0.384. The van der Waals surface area contributed by atoms with Gasteiger partial charge in [0, 0.05) is 6.54 Å². The highest BCUT2D eigenvalue weighted by molar-refractivity contribution is 5.81. The van der Waals surface area contributed by atoms with Crippen LogP contribution in [0.3, 0.4) is 0 Å². The van der Waals surface area contributed by atoms with Crippen LogP contribution in [0, 0.1) is 10.1 Å². The fourth-order valence-corrected chi connectivity index (χ4v) is 2.33. The van der Waals surface area contributed by atoms with Gasteiger partial charge in [-0.05, 0) is 25.0 Å². The average Bonchev–Trinajstić information content (AvgIpc) is 2.87. The maximum absolute atomic E-state index is 11.2. The minimum Gasteiger partial charge on any atom is -0.496 e. The van der Waals surface area contributed by atoms with Gasteiger partial charge in [-0.25, -0.2) is 4.79 Å². The summed E-state index contributed by atoms with van der Waals surface area (Å²) < 4.78 is 4.96. The van der Waals surface area contributed by atoms with Gasteiger partial charge in [-0.3, -0.25) is 10.1 Å². The molecule has 0 saturated carbocycles. The smallest absolute Gasteiger partial charge is 0.326 e. The molecule has 0 bridgehead atoms. The van der Waals surface area contributed by atoms with E-state index in [1.54, 1.807) is 11.0 Å². The zero-order chi connectivity index (χ0) is 14.0. The summed E-state index contributed by atoms with van der Waals surface area (Å²) in [7, 11) is 1.43. The van der Waals surface area contributed by atoms with Crippen molar-refractivity contribution < 1.29 is 19.6 Å². The number of nitro groups is 1.